The first kappa shape index (κ1) is 9.18. The zero-order chi connectivity index (χ0) is 9.97. The molecule has 0 amide bonds. The van der Waals surface area contributed by atoms with Gasteiger partial charge in [-0.25, -0.2) is 4.68 Å². The minimum Gasteiger partial charge on any atom is -0.326 e. The molecule has 0 saturated carbocycles. The fraction of sp³-hybridized carbons (Fsp3) is 0.111. The molecule has 0 fully saturated rings. The fourth-order valence-electron chi connectivity index (χ4n) is 1.15. The van der Waals surface area contributed by atoms with E-state index in [9.17, 15) is 0 Å². The van der Waals surface area contributed by atoms with Gasteiger partial charge in [-0.3, -0.25) is 4.98 Å². The molecule has 0 aliphatic rings. The fourth-order valence-corrected chi connectivity index (χ4v) is 1.29. The van der Waals surface area contributed by atoms with Crippen LogP contribution in [-0.2, 0) is 6.54 Å². The van der Waals surface area contributed by atoms with Crippen LogP contribution in [0.25, 0.3) is 5.69 Å². The molecule has 5 heteroatoms. The third kappa shape index (κ3) is 1.76. The minimum atomic E-state index is 0.468. The van der Waals surface area contributed by atoms with Crippen LogP contribution in [0.2, 0.25) is 5.02 Å². The summed E-state index contributed by atoms with van der Waals surface area (Å²) >= 11 is 5.76. The minimum absolute atomic E-state index is 0.468. The SMILES string of the molecule is NCc1cncc(-n2cc(Cl)cn2)c1. The molecular weight excluding hydrogens is 200 g/mol. The highest BCUT2D eigenvalue weighted by atomic mass is 35.5. The van der Waals surface area contributed by atoms with E-state index in [2.05, 4.69) is 10.1 Å². The Morgan fingerprint density at radius 1 is 1.36 bits per heavy atom. The molecule has 72 valence electrons. The van der Waals surface area contributed by atoms with Crippen molar-refractivity contribution in [3.8, 4) is 5.69 Å². The lowest BCUT2D eigenvalue weighted by Crippen LogP contribution is -2.00. The van der Waals surface area contributed by atoms with Crippen molar-refractivity contribution in [1.82, 2.24) is 14.8 Å². The number of hydrogen-bond acceptors (Lipinski definition) is 3. The first-order valence-electron chi connectivity index (χ1n) is 4.14. The van der Waals surface area contributed by atoms with E-state index >= 15 is 0 Å². The molecule has 0 bridgehead atoms. The Balaban J connectivity index is 2.41. The second-order valence-electron chi connectivity index (χ2n) is 2.86. The van der Waals surface area contributed by atoms with Crippen molar-refractivity contribution in [3.63, 3.8) is 0 Å². The Hall–Kier alpha value is -1.39. The van der Waals surface area contributed by atoms with Gasteiger partial charge in [0.2, 0.25) is 0 Å². The summed E-state index contributed by atoms with van der Waals surface area (Å²) in [5, 5.41) is 4.67. The molecule has 2 heterocycles. The second-order valence-corrected chi connectivity index (χ2v) is 3.30. The maximum absolute atomic E-state index is 5.76. The number of hydrogen-bond donors (Lipinski definition) is 1. The van der Waals surface area contributed by atoms with Crippen LogP contribution in [0.4, 0.5) is 0 Å². The number of rotatable bonds is 2. The lowest BCUT2D eigenvalue weighted by molar-refractivity contribution is 0.867. The Kier molecular flexibility index (Phi) is 2.47. The third-order valence-electron chi connectivity index (χ3n) is 1.83. The lowest BCUT2D eigenvalue weighted by atomic mass is 10.3. The van der Waals surface area contributed by atoms with Gasteiger partial charge in [0.05, 0.1) is 23.1 Å². The summed E-state index contributed by atoms with van der Waals surface area (Å²) < 4.78 is 1.66. The molecule has 0 saturated heterocycles. The van der Waals surface area contributed by atoms with Gasteiger partial charge in [0.15, 0.2) is 0 Å². The summed E-state index contributed by atoms with van der Waals surface area (Å²) in [7, 11) is 0. The number of nitrogens with two attached hydrogens (primary N) is 1. The largest absolute Gasteiger partial charge is 0.326 e. The van der Waals surface area contributed by atoms with Gasteiger partial charge in [-0.15, -0.1) is 0 Å². The summed E-state index contributed by atoms with van der Waals surface area (Å²) in [6.07, 6.45) is 6.74. The van der Waals surface area contributed by atoms with E-state index in [1.165, 1.54) is 0 Å². The van der Waals surface area contributed by atoms with Gasteiger partial charge < -0.3 is 5.73 Å². The lowest BCUT2D eigenvalue weighted by Gasteiger charge is -2.01. The van der Waals surface area contributed by atoms with E-state index in [0.717, 1.165) is 11.3 Å². The van der Waals surface area contributed by atoms with Crippen molar-refractivity contribution in [2.75, 3.05) is 0 Å². The quantitative estimate of drug-likeness (QED) is 0.811. The van der Waals surface area contributed by atoms with Crippen molar-refractivity contribution in [2.24, 2.45) is 5.73 Å². The zero-order valence-electron chi connectivity index (χ0n) is 7.39. The summed E-state index contributed by atoms with van der Waals surface area (Å²) in [6, 6.07) is 1.93. The number of halogens is 1. The highest BCUT2D eigenvalue weighted by Gasteiger charge is 2.00. The average molecular weight is 209 g/mol. The normalized spacial score (nSPS) is 10.4. The summed E-state index contributed by atoms with van der Waals surface area (Å²) in [5.74, 6) is 0. The number of aromatic nitrogens is 3. The molecule has 2 aromatic rings. The van der Waals surface area contributed by atoms with Gasteiger partial charge in [0, 0.05) is 18.9 Å². The highest BCUT2D eigenvalue weighted by Crippen LogP contribution is 2.11. The van der Waals surface area contributed by atoms with E-state index in [1.807, 2.05) is 6.07 Å². The van der Waals surface area contributed by atoms with E-state index in [-0.39, 0.29) is 0 Å². The van der Waals surface area contributed by atoms with Gasteiger partial charge in [-0.2, -0.15) is 5.10 Å². The van der Waals surface area contributed by atoms with Crippen LogP contribution in [0.5, 0.6) is 0 Å². The molecular formula is C9H9ClN4. The van der Waals surface area contributed by atoms with E-state index in [4.69, 9.17) is 17.3 Å². The Morgan fingerprint density at radius 2 is 2.21 bits per heavy atom. The molecule has 0 aliphatic heterocycles. The third-order valence-corrected chi connectivity index (χ3v) is 2.03. The van der Waals surface area contributed by atoms with Crippen LogP contribution in [0, 0.1) is 0 Å². The molecule has 0 unspecified atom stereocenters. The predicted molar refractivity (Wildman–Crippen MR) is 54.3 cm³/mol. The summed E-state index contributed by atoms with van der Waals surface area (Å²) in [5.41, 5.74) is 7.33. The van der Waals surface area contributed by atoms with Gasteiger partial charge >= 0.3 is 0 Å². The molecule has 2 N–H and O–H groups in total. The van der Waals surface area contributed by atoms with Gasteiger partial charge in [0.1, 0.15) is 0 Å². The van der Waals surface area contributed by atoms with Crippen LogP contribution in [-0.4, -0.2) is 14.8 Å². The number of pyridine rings is 1. The summed E-state index contributed by atoms with van der Waals surface area (Å²) in [6.45, 7) is 0.468. The molecule has 0 spiro atoms. The van der Waals surface area contributed by atoms with Gasteiger partial charge in [0.25, 0.3) is 0 Å². The van der Waals surface area contributed by atoms with E-state index < -0.39 is 0 Å². The Bertz CT molecular complexity index is 438. The molecule has 0 atom stereocenters. The van der Waals surface area contributed by atoms with Crippen molar-refractivity contribution < 1.29 is 0 Å². The molecule has 14 heavy (non-hydrogen) atoms. The summed E-state index contributed by atoms with van der Waals surface area (Å²) in [4.78, 5) is 4.06. The van der Waals surface area contributed by atoms with Crippen molar-refractivity contribution in [1.29, 1.82) is 0 Å². The van der Waals surface area contributed by atoms with Crippen molar-refractivity contribution in [3.05, 3.63) is 41.4 Å². The maximum atomic E-state index is 5.76. The second kappa shape index (κ2) is 3.77. The smallest absolute Gasteiger partial charge is 0.0832 e. The van der Waals surface area contributed by atoms with Crippen LogP contribution in [0.3, 0.4) is 0 Å². The molecule has 2 rings (SSSR count). The van der Waals surface area contributed by atoms with Crippen molar-refractivity contribution >= 4 is 11.6 Å². The zero-order valence-corrected chi connectivity index (χ0v) is 8.15. The first-order chi connectivity index (χ1) is 6.79. The van der Waals surface area contributed by atoms with Crippen LogP contribution in [0.15, 0.2) is 30.9 Å². The first-order valence-corrected chi connectivity index (χ1v) is 4.52. The molecule has 4 nitrogen and oxygen atoms in total. The predicted octanol–water partition coefficient (Wildman–Crippen LogP) is 1.38. The van der Waals surface area contributed by atoms with Gasteiger partial charge in [-0.05, 0) is 11.6 Å². The highest BCUT2D eigenvalue weighted by molar-refractivity contribution is 6.30. The molecule has 0 aromatic carbocycles. The number of nitrogens with zero attached hydrogens (tertiary/aromatic N) is 3. The van der Waals surface area contributed by atoms with Crippen LogP contribution < -0.4 is 5.73 Å². The molecule has 0 aliphatic carbocycles. The van der Waals surface area contributed by atoms with E-state index in [0.29, 0.717) is 11.6 Å². The monoisotopic (exact) mass is 208 g/mol. The Morgan fingerprint density at radius 3 is 2.86 bits per heavy atom. The topological polar surface area (TPSA) is 56.7 Å². The van der Waals surface area contributed by atoms with Crippen LogP contribution >= 0.6 is 11.6 Å². The van der Waals surface area contributed by atoms with E-state index in [1.54, 1.807) is 29.5 Å². The standard InChI is InChI=1S/C9H9ClN4/c10-8-4-13-14(6-8)9-1-7(2-11)3-12-5-9/h1,3-6H,2,11H2. The molecule has 2 aromatic heterocycles. The van der Waals surface area contributed by atoms with Crippen molar-refractivity contribution in [2.45, 2.75) is 6.54 Å². The average Bonchev–Trinajstić information content (AvgIpc) is 2.65. The maximum Gasteiger partial charge on any atom is 0.0832 e. The molecule has 0 radical (unpaired) electrons. The van der Waals surface area contributed by atoms with Gasteiger partial charge in [-0.1, -0.05) is 11.6 Å². The van der Waals surface area contributed by atoms with Crippen LogP contribution in [0.1, 0.15) is 5.56 Å². The Labute approximate surface area is 86.3 Å².